The summed E-state index contributed by atoms with van der Waals surface area (Å²) in [6.45, 7) is 0.787. The van der Waals surface area contributed by atoms with Crippen molar-refractivity contribution in [3.8, 4) is 0 Å². The predicted molar refractivity (Wildman–Crippen MR) is 47.4 cm³/mol. The van der Waals surface area contributed by atoms with E-state index in [0.29, 0.717) is 0 Å². The molecule has 0 spiro atoms. The SMILES string of the molecule is O=c1nccc(C2CCCCO2)[nH]1. The van der Waals surface area contributed by atoms with Crippen LogP contribution in [0.3, 0.4) is 0 Å². The maximum atomic E-state index is 10.9. The van der Waals surface area contributed by atoms with Crippen LogP contribution >= 0.6 is 0 Å². The predicted octanol–water partition coefficient (Wildman–Crippen LogP) is 1.01. The van der Waals surface area contributed by atoms with Crippen LogP contribution in [0.4, 0.5) is 0 Å². The molecule has 4 heteroatoms. The highest BCUT2D eigenvalue weighted by molar-refractivity contribution is 5.02. The Kier molecular flexibility index (Phi) is 2.40. The average Bonchev–Trinajstić information content (AvgIpc) is 2.19. The third-order valence-corrected chi connectivity index (χ3v) is 2.22. The van der Waals surface area contributed by atoms with Gasteiger partial charge in [-0.3, -0.25) is 0 Å². The normalized spacial score (nSPS) is 22.9. The van der Waals surface area contributed by atoms with E-state index in [4.69, 9.17) is 4.74 Å². The first-order chi connectivity index (χ1) is 6.36. The summed E-state index contributed by atoms with van der Waals surface area (Å²) in [4.78, 5) is 17.2. The second-order valence-electron chi connectivity index (χ2n) is 3.19. The summed E-state index contributed by atoms with van der Waals surface area (Å²) in [5.74, 6) is 0. The molecule has 0 saturated carbocycles. The number of nitrogens with zero attached hydrogens (tertiary/aromatic N) is 1. The third-order valence-electron chi connectivity index (χ3n) is 2.22. The van der Waals surface area contributed by atoms with Crippen molar-refractivity contribution in [2.24, 2.45) is 0 Å². The minimum Gasteiger partial charge on any atom is -0.372 e. The summed E-state index contributed by atoms with van der Waals surface area (Å²) in [6.07, 6.45) is 4.84. The minimum absolute atomic E-state index is 0.0597. The largest absolute Gasteiger partial charge is 0.372 e. The Labute approximate surface area is 76.0 Å². The van der Waals surface area contributed by atoms with Crippen molar-refractivity contribution in [1.82, 2.24) is 9.97 Å². The monoisotopic (exact) mass is 180 g/mol. The molecule has 2 rings (SSSR count). The Morgan fingerprint density at radius 3 is 3.15 bits per heavy atom. The van der Waals surface area contributed by atoms with Gasteiger partial charge in [0.05, 0.1) is 6.10 Å². The van der Waals surface area contributed by atoms with E-state index in [9.17, 15) is 4.79 Å². The molecule has 0 aliphatic carbocycles. The Hall–Kier alpha value is -1.16. The van der Waals surface area contributed by atoms with Crippen LogP contribution < -0.4 is 5.69 Å². The molecule has 0 radical (unpaired) electrons. The standard InChI is InChI=1S/C9H12N2O2/c12-9-10-5-4-7(11-9)8-3-1-2-6-13-8/h4-5,8H,1-3,6H2,(H,10,11,12). The number of H-pyrrole nitrogens is 1. The van der Waals surface area contributed by atoms with Gasteiger partial charge in [-0.1, -0.05) is 0 Å². The van der Waals surface area contributed by atoms with E-state index < -0.39 is 0 Å². The van der Waals surface area contributed by atoms with E-state index in [1.165, 1.54) is 6.20 Å². The van der Waals surface area contributed by atoms with Gasteiger partial charge in [0.1, 0.15) is 0 Å². The average molecular weight is 180 g/mol. The summed E-state index contributed by atoms with van der Waals surface area (Å²) in [7, 11) is 0. The summed E-state index contributed by atoms with van der Waals surface area (Å²) >= 11 is 0. The number of rotatable bonds is 1. The quantitative estimate of drug-likeness (QED) is 0.701. The number of hydrogen-bond donors (Lipinski definition) is 1. The fraction of sp³-hybridized carbons (Fsp3) is 0.556. The molecule has 1 aromatic rings. The van der Waals surface area contributed by atoms with Crippen LogP contribution in [0.15, 0.2) is 17.1 Å². The zero-order valence-corrected chi connectivity index (χ0v) is 7.32. The molecule has 1 aromatic heterocycles. The van der Waals surface area contributed by atoms with Crippen LogP contribution in [-0.2, 0) is 4.74 Å². The molecular weight excluding hydrogens is 168 g/mol. The van der Waals surface area contributed by atoms with Crippen molar-refractivity contribution in [3.05, 3.63) is 28.4 Å². The topological polar surface area (TPSA) is 55.0 Å². The molecule has 1 fully saturated rings. The van der Waals surface area contributed by atoms with Gasteiger partial charge in [-0.15, -0.1) is 0 Å². The number of ether oxygens (including phenoxy) is 1. The molecule has 0 bridgehead atoms. The molecule has 1 unspecified atom stereocenters. The molecular formula is C9H12N2O2. The van der Waals surface area contributed by atoms with Gasteiger partial charge in [0.2, 0.25) is 0 Å². The van der Waals surface area contributed by atoms with Crippen molar-refractivity contribution in [3.63, 3.8) is 0 Å². The second-order valence-corrected chi connectivity index (χ2v) is 3.19. The van der Waals surface area contributed by atoms with Gasteiger partial charge in [0, 0.05) is 18.5 Å². The molecule has 13 heavy (non-hydrogen) atoms. The Morgan fingerprint density at radius 1 is 1.54 bits per heavy atom. The highest BCUT2D eigenvalue weighted by atomic mass is 16.5. The molecule has 1 aliphatic heterocycles. The molecule has 0 amide bonds. The summed E-state index contributed by atoms with van der Waals surface area (Å²) in [5, 5.41) is 0. The maximum absolute atomic E-state index is 10.9. The van der Waals surface area contributed by atoms with Crippen molar-refractivity contribution in [1.29, 1.82) is 0 Å². The van der Waals surface area contributed by atoms with E-state index in [2.05, 4.69) is 9.97 Å². The molecule has 1 saturated heterocycles. The van der Waals surface area contributed by atoms with E-state index in [1.807, 2.05) is 0 Å². The number of aromatic nitrogens is 2. The number of hydrogen-bond acceptors (Lipinski definition) is 3. The molecule has 4 nitrogen and oxygen atoms in total. The zero-order valence-electron chi connectivity index (χ0n) is 7.32. The minimum atomic E-state index is -0.299. The van der Waals surface area contributed by atoms with Gasteiger partial charge in [0.25, 0.3) is 0 Å². The van der Waals surface area contributed by atoms with Crippen LogP contribution in [0, 0.1) is 0 Å². The lowest BCUT2D eigenvalue weighted by Gasteiger charge is -2.21. The lowest BCUT2D eigenvalue weighted by atomic mass is 10.1. The zero-order chi connectivity index (χ0) is 9.10. The smallest absolute Gasteiger partial charge is 0.345 e. The van der Waals surface area contributed by atoms with Crippen molar-refractivity contribution in [2.75, 3.05) is 6.61 Å². The molecule has 70 valence electrons. The van der Waals surface area contributed by atoms with Gasteiger partial charge >= 0.3 is 5.69 Å². The van der Waals surface area contributed by atoms with E-state index in [-0.39, 0.29) is 11.8 Å². The van der Waals surface area contributed by atoms with Crippen LogP contribution in [0.25, 0.3) is 0 Å². The summed E-state index contributed by atoms with van der Waals surface area (Å²) in [5.41, 5.74) is 0.548. The highest BCUT2D eigenvalue weighted by Crippen LogP contribution is 2.25. The van der Waals surface area contributed by atoms with Crippen LogP contribution in [0.5, 0.6) is 0 Å². The van der Waals surface area contributed by atoms with E-state index in [1.54, 1.807) is 6.07 Å². The van der Waals surface area contributed by atoms with E-state index >= 15 is 0 Å². The fourth-order valence-corrected chi connectivity index (χ4v) is 1.56. The lowest BCUT2D eigenvalue weighted by Crippen LogP contribution is -2.18. The number of aromatic amines is 1. The Balaban J connectivity index is 2.19. The molecule has 1 atom stereocenters. The molecule has 0 aromatic carbocycles. The summed E-state index contributed by atoms with van der Waals surface area (Å²) < 4.78 is 5.52. The van der Waals surface area contributed by atoms with Crippen molar-refractivity contribution in [2.45, 2.75) is 25.4 Å². The second kappa shape index (κ2) is 3.70. The van der Waals surface area contributed by atoms with Crippen molar-refractivity contribution < 1.29 is 4.74 Å². The van der Waals surface area contributed by atoms with Gasteiger partial charge in [0.15, 0.2) is 0 Å². The molecule has 1 N–H and O–H groups in total. The van der Waals surface area contributed by atoms with Gasteiger partial charge in [-0.25, -0.2) is 9.78 Å². The molecule has 1 aliphatic rings. The van der Waals surface area contributed by atoms with Gasteiger partial charge in [-0.2, -0.15) is 0 Å². The Morgan fingerprint density at radius 2 is 2.46 bits per heavy atom. The van der Waals surface area contributed by atoms with Gasteiger partial charge < -0.3 is 9.72 Å². The third kappa shape index (κ3) is 1.95. The number of nitrogens with one attached hydrogen (secondary N) is 1. The first-order valence-corrected chi connectivity index (χ1v) is 4.53. The molecule has 2 heterocycles. The van der Waals surface area contributed by atoms with Crippen LogP contribution in [-0.4, -0.2) is 16.6 Å². The van der Waals surface area contributed by atoms with Crippen LogP contribution in [0.1, 0.15) is 31.1 Å². The lowest BCUT2D eigenvalue weighted by molar-refractivity contribution is 0.0121. The van der Waals surface area contributed by atoms with Gasteiger partial charge in [-0.05, 0) is 25.3 Å². The first-order valence-electron chi connectivity index (χ1n) is 4.53. The summed E-state index contributed by atoms with van der Waals surface area (Å²) in [6, 6.07) is 1.80. The highest BCUT2D eigenvalue weighted by Gasteiger charge is 2.16. The maximum Gasteiger partial charge on any atom is 0.345 e. The van der Waals surface area contributed by atoms with Crippen molar-refractivity contribution >= 4 is 0 Å². The van der Waals surface area contributed by atoms with E-state index in [0.717, 1.165) is 31.6 Å². The first kappa shape index (κ1) is 8.44. The van der Waals surface area contributed by atoms with Crippen LogP contribution in [0.2, 0.25) is 0 Å². The fourth-order valence-electron chi connectivity index (χ4n) is 1.56. The Bertz CT molecular complexity index is 328.